The number of nitrogens with one attached hydrogen (secondary N) is 3. The molecule has 8 heteroatoms. The summed E-state index contributed by atoms with van der Waals surface area (Å²) in [5, 5.41) is 8.01. The fourth-order valence-corrected chi connectivity index (χ4v) is 4.74. The van der Waals surface area contributed by atoms with Gasteiger partial charge in [0.2, 0.25) is 0 Å². The van der Waals surface area contributed by atoms with Crippen LogP contribution in [0.2, 0.25) is 0 Å². The van der Waals surface area contributed by atoms with Crippen molar-refractivity contribution in [1.29, 1.82) is 0 Å². The molecule has 0 spiro atoms. The van der Waals surface area contributed by atoms with Crippen LogP contribution in [0.4, 0.5) is 5.82 Å². The number of hydrogen-bond donors (Lipinski definition) is 3. The molecule has 150 valence electrons. The summed E-state index contributed by atoms with van der Waals surface area (Å²) in [7, 11) is 1.97. The standard InChI is InChI=1S/C20H29N7O/c1-13-3-4-16(23-20(13)27-5-7-28-8-6-27)19-15-9-17(14-10-22-26(2)12-14)21-11-18(15)24-25-19/h3-4,10,12,15,17-19,21,24-25H,5-9,11H2,1-2H3. The van der Waals surface area contributed by atoms with Gasteiger partial charge in [0.15, 0.2) is 0 Å². The molecule has 0 radical (unpaired) electrons. The Morgan fingerprint density at radius 2 is 2.04 bits per heavy atom. The molecule has 3 saturated heterocycles. The predicted molar refractivity (Wildman–Crippen MR) is 107 cm³/mol. The Morgan fingerprint density at radius 1 is 1.18 bits per heavy atom. The van der Waals surface area contributed by atoms with Crippen LogP contribution in [-0.2, 0) is 11.8 Å². The second-order valence-corrected chi connectivity index (χ2v) is 8.16. The summed E-state index contributed by atoms with van der Waals surface area (Å²) in [6, 6.07) is 5.35. The molecule has 4 unspecified atom stereocenters. The van der Waals surface area contributed by atoms with E-state index in [2.05, 4.69) is 51.4 Å². The molecule has 3 aliphatic heterocycles. The molecule has 28 heavy (non-hydrogen) atoms. The number of pyridine rings is 1. The minimum Gasteiger partial charge on any atom is -0.378 e. The first-order chi connectivity index (χ1) is 13.7. The maximum Gasteiger partial charge on any atom is 0.131 e. The minimum absolute atomic E-state index is 0.215. The van der Waals surface area contributed by atoms with Gasteiger partial charge in [-0.3, -0.25) is 10.1 Å². The lowest BCUT2D eigenvalue weighted by molar-refractivity contribution is 0.122. The Balaban J connectivity index is 1.38. The van der Waals surface area contributed by atoms with Gasteiger partial charge in [-0.2, -0.15) is 5.10 Å². The molecule has 0 bridgehead atoms. The Morgan fingerprint density at radius 3 is 2.82 bits per heavy atom. The van der Waals surface area contributed by atoms with Crippen LogP contribution >= 0.6 is 0 Å². The smallest absolute Gasteiger partial charge is 0.131 e. The topological polar surface area (TPSA) is 79.3 Å². The molecule has 3 aliphatic rings. The highest BCUT2D eigenvalue weighted by Gasteiger charge is 2.42. The third-order valence-corrected chi connectivity index (χ3v) is 6.31. The monoisotopic (exact) mass is 383 g/mol. The van der Waals surface area contributed by atoms with E-state index in [9.17, 15) is 0 Å². The van der Waals surface area contributed by atoms with Crippen molar-refractivity contribution in [1.82, 2.24) is 30.9 Å². The van der Waals surface area contributed by atoms with E-state index in [-0.39, 0.29) is 6.04 Å². The van der Waals surface area contributed by atoms with E-state index in [4.69, 9.17) is 9.72 Å². The lowest BCUT2D eigenvalue weighted by Crippen LogP contribution is -2.46. The maximum atomic E-state index is 5.51. The van der Waals surface area contributed by atoms with Crippen LogP contribution in [0.3, 0.4) is 0 Å². The lowest BCUT2D eigenvalue weighted by Gasteiger charge is -2.34. The molecule has 0 aromatic carbocycles. The van der Waals surface area contributed by atoms with Crippen LogP contribution in [0.15, 0.2) is 24.5 Å². The van der Waals surface area contributed by atoms with Gasteiger partial charge in [0.1, 0.15) is 5.82 Å². The normalized spacial score (nSPS) is 30.4. The van der Waals surface area contributed by atoms with Gasteiger partial charge in [-0.1, -0.05) is 6.07 Å². The Labute approximate surface area is 165 Å². The van der Waals surface area contributed by atoms with E-state index in [1.54, 1.807) is 0 Å². The van der Waals surface area contributed by atoms with Gasteiger partial charge in [0, 0.05) is 56.4 Å². The average molecular weight is 384 g/mol. The van der Waals surface area contributed by atoms with Gasteiger partial charge in [0.25, 0.3) is 0 Å². The van der Waals surface area contributed by atoms with Crippen LogP contribution in [0.5, 0.6) is 0 Å². The average Bonchev–Trinajstić information content (AvgIpc) is 3.35. The van der Waals surface area contributed by atoms with Crippen molar-refractivity contribution < 1.29 is 4.74 Å². The summed E-state index contributed by atoms with van der Waals surface area (Å²) in [4.78, 5) is 7.45. The maximum absolute atomic E-state index is 5.51. The van der Waals surface area contributed by atoms with Crippen LogP contribution in [0.25, 0.3) is 0 Å². The summed E-state index contributed by atoms with van der Waals surface area (Å²) in [5.41, 5.74) is 10.6. The zero-order valence-electron chi connectivity index (χ0n) is 16.6. The predicted octanol–water partition coefficient (Wildman–Crippen LogP) is 0.828. The van der Waals surface area contributed by atoms with E-state index in [1.807, 2.05) is 17.9 Å². The molecular weight excluding hydrogens is 354 g/mol. The highest BCUT2D eigenvalue weighted by atomic mass is 16.5. The number of anilines is 1. The number of rotatable bonds is 3. The lowest BCUT2D eigenvalue weighted by atomic mass is 9.82. The zero-order valence-corrected chi connectivity index (χ0v) is 16.6. The zero-order chi connectivity index (χ0) is 19.1. The first kappa shape index (κ1) is 18.1. The highest BCUT2D eigenvalue weighted by Crippen LogP contribution is 2.38. The molecule has 0 amide bonds. The van der Waals surface area contributed by atoms with Gasteiger partial charge in [-0.05, 0) is 25.0 Å². The summed E-state index contributed by atoms with van der Waals surface area (Å²) in [6.45, 7) is 6.46. The number of morpholine rings is 1. The van der Waals surface area contributed by atoms with Gasteiger partial charge in [-0.15, -0.1) is 0 Å². The quantitative estimate of drug-likeness (QED) is 0.724. The molecule has 4 atom stereocenters. The molecule has 2 aromatic heterocycles. The van der Waals surface area contributed by atoms with Crippen molar-refractivity contribution in [3.63, 3.8) is 0 Å². The molecular formula is C20H29N7O. The summed E-state index contributed by atoms with van der Waals surface area (Å²) >= 11 is 0. The van der Waals surface area contributed by atoms with E-state index in [1.165, 1.54) is 11.1 Å². The number of fused-ring (bicyclic) bond motifs is 1. The largest absolute Gasteiger partial charge is 0.378 e. The third kappa shape index (κ3) is 3.30. The Bertz CT molecular complexity index is 832. The summed E-state index contributed by atoms with van der Waals surface area (Å²) in [5.74, 6) is 1.59. The fraction of sp³-hybridized carbons (Fsp3) is 0.600. The number of piperidine rings is 1. The minimum atomic E-state index is 0.215. The van der Waals surface area contributed by atoms with Gasteiger partial charge in [0.05, 0.1) is 31.1 Å². The Hall–Kier alpha value is -2.00. The van der Waals surface area contributed by atoms with Crippen molar-refractivity contribution in [3.05, 3.63) is 41.3 Å². The SMILES string of the molecule is Cc1ccc(C2NNC3CNC(c4cnn(C)c4)CC32)nc1N1CCOCC1. The van der Waals surface area contributed by atoms with Crippen molar-refractivity contribution in [3.8, 4) is 0 Å². The second-order valence-electron chi connectivity index (χ2n) is 8.16. The van der Waals surface area contributed by atoms with E-state index in [0.717, 1.165) is 50.8 Å². The summed E-state index contributed by atoms with van der Waals surface area (Å²) < 4.78 is 7.39. The van der Waals surface area contributed by atoms with E-state index < -0.39 is 0 Å². The van der Waals surface area contributed by atoms with Gasteiger partial charge < -0.3 is 15.0 Å². The molecule has 3 N–H and O–H groups in total. The van der Waals surface area contributed by atoms with Crippen molar-refractivity contribution in [2.75, 3.05) is 37.7 Å². The molecule has 3 fully saturated rings. The molecule has 0 saturated carbocycles. The van der Waals surface area contributed by atoms with Crippen LogP contribution < -0.4 is 21.1 Å². The third-order valence-electron chi connectivity index (χ3n) is 6.31. The number of aryl methyl sites for hydroxylation is 2. The number of hydrazine groups is 1. The van der Waals surface area contributed by atoms with Crippen molar-refractivity contribution in [2.24, 2.45) is 13.0 Å². The second kappa shape index (κ2) is 7.44. The van der Waals surface area contributed by atoms with Gasteiger partial charge in [-0.25, -0.2) is 10.4 Å². The first-order valence-corrected chi connectivity index (χ1v) is 10.2. The van der Waals surface area contributed by atoms with Crippen LogP contribution in [0, 0.1) is 12.8 Å². The van der Waals surface area contributed by atoms with E-state index in [0.29, 0.717) is 18.0 Å². The van der Waals surface area contributed by atoms with E-state index >= 15 is 0 Å². The number of nitrogens with zero attached hydrogens (tertiary/aromatic N) is 4. The van der Waals surface area contributed by atoms with Crippen molar-refractivity contribution >= 4 is 5.82 Å². The molecule has 2 aromatic rings. The molecule has 0 aliphatic carbocycles. The fourth-order valence-electron chi connectivity index (χ4n) is 4.74. The molecule has 5 rings (SSSR count). The molecule has 5 heterocycles. The first-order valence-electron chi connectivity index (χ1n) is 10.2. The molecule has 8 nitrogen and oxygen atoms in total. The van der Waals surface area contributed by atoms with Crippen molar-refractivity contribution in [2.45, 2.75) is 31.5 Å². The number of aromatic nitrogens is 3. The Kier molecular flexibility index (Phi) is 4.80. The van der Waals surface area contributed by atoms with Gasteiger partial charge >= 0.3 is 0 Å². The van der Waals surface area contributed by atoms with Crippen LogP contribution in [0.1, 0.15) is 35.3 Å². The summed E-state index contributed by atoms with van der Waals surface area (Å²) in [6.07, 6.45) is 5.15. The van der Waals surface area contributed by atoms with Crippen LogP contribution in [-0.4, -0.2) is 53.7 Å². The highest BCUT2D eigenvalue weighted by molar-refractivity contribution is 5.48. The number of ether oxygens (including phenoxy) is 1. The number of hydrogen-bond acceptors (Lipinski definition) is 7.